The molecule has 0 amide bonds. The number of benzene rings is 1. The van der Waals surface area contributed by atoms with Gasteiger partial charge in [0.15, 0.2) is 0 Å². The summed E-state index contributed by atoms with van der Waals surface area (Å²) in [6.07, 6.45) is 1.88. The van der Waals surface area contributed by atoms with Crippen molar-refractivity contribution in [2.45, 2.75) is 6.54 Å². The maximum atomic E-state index is 6.08. The van der Waals surface area contributed by atoms with Gasteiger partial charge in [-0.25, -0.2) is 0 Å². The van der Waals surface area contributed by atoms with E-state index in [1.807, 2.05) is 18.3 Å². The average Bonchev–Trinajstić information content (AvgIpc) is 3.08. The number of nitrogens with zero attached hydrogens (tertiary/aromatic N) is 3. The van der Waals surface area contributed by atoms with Crippen LogP contribution in [0.4, 0.5) is 5.69 Å². The molecule has 118 valence electrons. The van der Waals surface area contributed by atoms with Crippen molar-refractivity contribution < 1.29 is 0 Å². The van der Waals surface area contributed by atoms with Gasteiger partial charge in [-0.2, -0.15) is 11.3 Å². The first kappa shape index (κ1) is 14.9. The normalized spacial score (nSPS) is 16.1. The number of rotatable bonds is 3. The number of anilines is 1. The monoisotopic (exact) mass is 343 g/mol. The molecule has 0 saturated carbocycles. The zero-order chi connectivity index (χ0) is 15.6. The fourth-order valence-corrected chi connectivity index (χ4v) is 4.00. The van der Waals surface area contributed by atoms with Gasteiger partial charge in [-0.05, 0) is 46.7 Å². The van der Waals surface area contributed by atoms with Gasteiger partial charge in [-0.15, -0.1) is 0 Å². The van der Waals surface area contributed by atoms with Gasteiger partial charge in [-0.1, -0.05) is 11.6 Å². The molecule has 0 atom stereocenters. The predicted molar refractivity (Wildman–Crippen MR) is 98.6 cm³/mol. The van der Waals surface area contributed by atoms with Crippen molar-refractivity contribution in [3.63, 3.8) is 0 Å². The number of thiophene rings is 1. The minimum absolute atomic E-state index is 0.739. The topological polar surface area (TPSA) is 19.4 Å². The first-order valence-electron chi connectivity index (χ1n) is 7.82. The fraction of sp³-hybridized carbons (Fsp3) is 0.278. The molecular weight excluding hydrogens is 326 g/mol. The summed E-state index contributed by atoms with van der Waals surface area (Å²) in [5.74, 6) is 0. The van der Waals surface area contributed by atoms with E-state index in [0.717, 1.165) is 43.3 Å². The van der Waals surface area contributed by atoms with E-state index in [0.29, 0.717) is 0 Å². The molecule has 1 aliphatic rings. The quantitative estimate of drug-likeness (QED) is 0.708. The van der Waals surface area contributed by atoms with Gasteiger partial charge in [0.05, 0.1) is 5.52 Å². The van der Waals surface area contributed by atoms with Crippen LogP contribution < -0.4 is 4.90 Å². The highest BCUT2D eigenvalue weighted by molar-refractivity contribution is 7.07. The molecule has 5 heteroatoms. The Morgan fingerprint density at radius 2 is 1.96 bits per heavy atom. The highest BCUT2D eigenvalue weighted by atomic mass is 35.5. The standard InChI is InChI=1S/C18H18ClN3S/c19-15-1-2-16-17(11-15)20-5-3-18(16)22-8-6-21(7-9-22)12-14-4-10-23-13-14/h1-5,10-11,13H,6-9,12H2. The highest BCUT2D eigenvalue weighted by Gasteiger charge is 2.19. The SMILES string of the molecule is Clc1ccc2c(N3CCN(Cc4ccsc4)CC3)ccnc2c1. The number of pyridine rings is 1. The number of hydrogen-bond donors (Lipinski definition) is 0. The molecule has 1 saturated heterocycles. The van der Waals surface area contributed by atoms with E-state index in [4.69, 9.17) is 11.6 Å². The fourth-order valence-electron chi connectivity index (χ4n) is 3.17. The predicted octanol–water partition coefficient (Wildman–Crippen LogP) is 4.27. The van der Waals surface area contributed by atoms with Crippen LogP contribution in [0.5, 0.6) is 0 Å². The highest BCUT2D eigenvalue weighted by Crippen LogP contribution is 2.28. The van der Waals surface area contributed by atoms with Gasteiger partial charge >= 0.3 is 0 Å². The van der Waals surface area contributed by atoms with Crippen molar-refractivity contribution in [3.05, 3.63) is 57.9 Å². The Balaban J connectivity index is 1.50. The van der Waals surface area contributed by atoms with Crippen LogP contribution in [0.1, 0.15) is 5.56 Å². The van der Waals surface area contributed by atoms with Gasteiger partial charge in [0.2, 0.25) is 0 Å². The van der Waals surface area contributed by atoms with Crippen LogP contribution in [0, 0.1) is 0 Å². The first-order chi connectivity index (χ1) is 11.3. The molecule has 1 aliphatic heterocycles. The molecule has 2 aromatic heterocycles. The second-order valence-corrected chi connectivity index (χ2v) is 7.10. The van der Waals surface area contributed by atoms with Gasteiger partial charge in [-0.3, -0.25) is 9.88 Å². The van der Waals surface area contributed by atoms with Crippen LogP contribution >= 0.6 is 22.9 Å². The summed E-state index contributed by atoms with van der Waals surface area (Å²) >= 11 is 7.86. The summed E-state index contributed by atoms with van der Waals surface area (Å²) in [7, 11) is 0. The zero-order valence-electron chi connectivity index (χ0n) is 12.8. The first-order valence-corrected chi connectivity index (χ1v) is 9.14. The third kappa shape index (κ3) is 3.20. The molecule has 23 heavy (non-hydrogen) atoms. The van der Waals surface area contributed by atoms with Crippen LogP contribution in [0.3, 0.4) is 0 Å². The number of piperazine rings is 1. The van der Waals surface area contributed by atoms with Crippen molar-refractivity contribution in [1.82, 2.24) is 9.88 Å². The number of hydrogen-bond acceptors (Lipinski definition) is 4. The Bertz CT molecular complexity index is 795. The summed E-state index contributed by atoms with van der Waals surface area (Å²) < 4.78 is 0. The molecule has 1 aromatic carbocycles. The van der Waals surface area contributed by atoms with E-state index < -0.39 is 0 Å². The summed E-state index contributed by atoms with van der Waals surface area (Å²) in [4.78, 5) is 9.43. The average molecular weight is 344 g/mol. The second kappa shape index (κ2) is 6.48. The zero-order valence-corrected chi connectivity index (χ0v) is 14.4. The second-order valence-electron chi connectivity index (χ2n) is 5.89. The number of halogens is 1. The maximum absolute atomic E-state index is 6.08. The lowest BCUT2D eigenvalue weighted by Gasteiger charge is -2.36. The third-order valence-electron chi connectivity index (χ3n) is 4.38. The Morgan fingerprint density at radius 1 is 1.09 bits per heavy atom. The third-order valence-corrected chi connectivity index (χ3v) is 5.35. The molecule has 3 heterocycles. The Kier molecular flexibility index (Phi) is 4.21. The van der Waals surface area contributed by atoms with E-state index >= 15 is 0 Å². The molecule has 1 fully saturated rings. The van der Waals surface area contributed by atoms with Crippen LogP contribution in [-0.4, -0.2) is 36.1 Å². The Hall–Kier alpha value is -1.62. The van der Waals surface area contributed by atoms with Crippen LogP contribution in [0.2, 0.25) is 5.02 Å². The van der Waals surface area contributed by atoms with Gasteiger partial charge in [0.25, 0.3) is 0 Å². The van der Waals surface area contributed by atoms with Crippen molar-refractivity contribution in [3.8, 4) is 0 Å². The number of fused-ring (bicyclic) bond motifs is 1. The van der Waals surface area contributed by atoms with E-state index in [-0.39, 0.29) is 0 Å². The van der Waals surface area contributed by atoms with E-state index in [2.05, 4.69) is 43.7 Å². The van der Waals surface area contributed by atoms with Crippen LogP contribution in [0.15, 0.2) is 47.3 Å². The van der Waals surface area contributed by atoms with E-state index in [1.54, 1.807) is 11.3 Å². The van der Waals surface area contributed by atoms with Gasteiger partial charge in [0.1, 0.15) is 0 Å². The van der Waals surface area contributed by atoms with Crippen molar-refractivity contribution in [2.75, 3.05) is 31.1 Å². The molecule has 0 aliphatic carbocycles. The van der Waals surface area contributed by atoms with Crippen molar-refractivity contribution >= 4 is 39.5 Å². The summed E-state index contributed by atoms with van der Waals surface area (Å²) in [6, 6.07) is 10.3. The molecule has 0 spiro atoms. The minimum Gasteiger partial charge on any atom is -0.368 e. The molecular formula is C18H18ClN3S. The summed E-state index contributed by atoms with van der Waals surface area (Å²) in [6.45, 7) is 5.34. The minimum atomic E-state index is 0.739. The lowest BCUT2D eigenvalue weighted by atomic mass is 10.1. The van der Waals surface area contributed by atoms with Gasteiger partial charge in [0, 0.05) is 55.0 Å². The molecule has 0 N–H and O–H groups in total. The lowest BCUT2D eigenvalue weighted by Crippen LogP contribution is -2.46. The molecule has 0 radical (unpaired) electrons. The van der Waals surface area contributed by atoms with Crippen LogP contribution in [-0.2, 0) is 6.54 Å². The molecule has 3 aromatic rings. The molecule has 0 bridgehead atoms. The Labute approximate surface area is 145 Å². The summed E-state index contributed by atoms with van der Waals surface area (Å²) in [5, 5.41) is 6.32. The summed E-state index contributed by atoms with van der Waals surface area (Å²) in [5.41, 5.74) is 3.66. The van der Waals surface area contributed by atoms with Crippen molar-refractivity contribution in [2.24, 2.45) is 0 Å². The van der Waals surface area contributed by atoms with E-state index in [1.165, 1.54) is 16.6 Å². The van der Waals surface area contributed by atoms with Crippen LogP contribution in [0.25, 0.3) is 10.9 Å². The maximum Gasteiger partial charge on any atom is 0.0737 e. The van der Waals surface area contributed by atoms with Crippen molar-refractivity contribution in [1.29, 1.82) is 0 Å². The van der Waals surface area contributed by atoms with E-state index in [9.17, 15) is 0 Å². The lowest BCUT2D eigenvalue weighted by molar-refractivity contribution is 0.250. The molecule has 3 nitrogen and oxygen atoms in total. The largest absolute Gasteiger partial charge is 0.368 e. The Morgan fingerprint density at radius 3 is 2.74 bits per heavy atom. The smallest absolute Gasteiger partial charge is 0.0737 e. The molecule has 0 unspecified atom stereocenters. The molecule has 4 rings (SSSR count). The number of aromatic nitrogens is 1. The van der Waals surface area contributed by atoms with Gasteiger partial charge < -0.3 is 4.90 Å².